The Kier molecular flexibility index (Phi) is 5.02. The highest BCUT2D eigenvalue weighted by Gasteiger charge is 2.25. The van der Waals surface area contributed by atoms with E-state index in [1.807, 2.05) is 31.2 Å². The Hall–Kier alpha value is -3.12. The molecule has 1 unspecified atom stereocenters. The lowest BCUT2D eigenvalue weighted by atomic mass is 9.97. The third kappa shape index (κ3) is 3.51. The molecular weight excluding hydrogens is 390 g/mol. The largest absolute Gasteiger partial charge is 0.507 e. The standard InChI is InChI=1S/C25H27N3O3/c1-3-16-11-17-23(30)19(25-26-20-8-4-5-9-21(20)27-25)14-31-24(17)18(22(16)29)13-28-10-6-7-15(2)12-28/h4-5,8-9,11,14-15,29H,3,6-7,10,12-13H2,1-2H3,(H,26,27)/p+1/t15-/m1/s1. The summed E-state index contributed by atoms with van der Waals surface area (Å²) in [6, 6.07) is 9.47. The summed E-state index contributed by atoms with van der Waals surface area (Å²) in [5.41, 5.74) is 3.97. The number of aromatic amines is 1. The van der Waals surface area contributed by atoms with Crippen LogP contribution in [0.3, 0.4) is 0 Å². The van der Waals surface area contributed by atoms with Gasteiger partial charge in [0.2, 0.25) is 5.43 Å². The molecule has 0 spiro atoms. The number of aryl methyl sites for hydroxylation is 1. The van der Waals surface area contributed by atoms with Crippen LogP contribution in [0.1, 0.15) is 37.8 Å². The topological polar surface area (TPSA) is 83.6 Å². The van der Waals surface area contributed by atoms with Crippen molar-refractivity contribution in [3.05, 3.63) is 57.9 Å². The first-order valence-electron chi connectivity index (χ1n) is 11.1. The van der Waals surface area contributed by atoms with E-state index in [1.165, 1.54) is 24.0 Å². The third-order valence-corrected chi connectivity index (χ3v) is 6.53. The Morgan fingerprint density at radius 3 is 2.94 bits per heavy atom. The zero-order chi connectivity index (χ0) is 21.5. The van der Waals surface area contributed by atoms with Crippen LogP contribution in [0.4, 0.5) is 0 Å². The van der Waals surface area contributed by atoms with Crippen molar-refractivity contribution in [1.29, 1.82) is 0 Å². The van der Waals surface area contributed by atoms with Crippen LogP contribution in [0, 0.1) is 5.92 Å². The minimum Gasteiger partial charge on any atom is -0.507 e. The van der Waals surface area contributed by atoms with E-state index in [0.717, 1.165) is 35.2 Å². The number of phenols is 1. The Morgan fingerprint density at radius 1 is 1.32 bits per heavy atom. The molecule has 2 atom stereocenters. The van der Waals surface area contributed by atoms with E-state index < -0.39 is 0 Å². The maximum atomic E-state index is 13.5. The van der Waals surface area contributed by atoms with Gasteiger partial charge in [0.1, 0.15) is 35.5 Å². The molecular formula is C25H28N3O3+. The minimum atomic E-state index is -0.127. The highest BCUT2D eigenvalue weighted by Crippen LogP contribution is 2.31. The molecule has 0 radical (unpaired) electrons. The highest BCUT2D eigenvalue weighted by atomic mass is 16.3. The summed E-state index contributed by atoms with van der Waals surface area (Å²) in [6.07, 6.45) is 4.56. The second-order valence-corrected chi connectivity index (χ2v) is 8.80. The van der Waals surface area contributed by atoms with Crippen LogP contribution < -0.4 is 10.3 Å². The van der Waals surface area contributed by atoms with Crippen LogP contribution >= 0.6 is 0 Å². The molecule has 0 bridgehead atoms. The molecule has 2 aromatic heterocycles. The number of hydrogen-bond acceptors (Lipinski definition) is 4. The van der Waals surface area contributed by atoms with Crippen LogP contribution in [-0.4, -0.2) is 28.2 Å². The molecule has 3 N–H and O–H groups in total. The molecule has 0 amide bonds. The van der Waals surface area contributed by atoms with Gasteiger partial charge in [0.25, 0.3) is 0 Å². The maximum absolute atomic E-state index is 13.5. The van der Waals surface area contributed by atoms with Crippen molar-refractivity contribution in [3.8, 4) is 17.1 Å². The maximum Gasteiger partial charge on any atom is 0.203 e. The number of imidazole rings is 1. The molecule has 2 aromatic carbocycles. The number of hydrogen-bond donors (Lipinski definition) is 3. The van der Waals surface area contributed by atoms with Crippen molar-refractivity contribution < 1.29 is 14.4 Å². The van der Waals surface area contributed by atoms with Gasteiger partial charge in [-0.25, -0.2) is 4.98 Å². The number of fused-ring (bicyclic) bond motifs is 2. The van der Waals surface area contributed by atoms with Crippen molar-refractivity contribution in [1.82, 2.24) is 9.97 Å². The predicted octanol–water partition coefficient (Wildman–Crippen LogP) is 3.42. The quantitative estimate of drug-likeness (QED) is 0.474. The van der Waals surface area contributed by atoms with E-state index in [-0.39, 0.29) is 11.2 Å². The number of para-hydroxylation sites is 2. The zero-order valence-electron chi connectivity index (χ0n) is 18.0. The van der Waals surface area contributed by atoms with Crippen molar-refractivity contribution in [3.63, 3.8) is 0 Å². The lowest BCUT2D eigenvalue weighted by molar-refractivity contribution is -0.922. The molecule has 1 aliphatic rings. The average Bonchev–Trinajstić information content (AvgIpc) is 3.20. The molecule has 1 aliphatic heterocycles. The number of benzene rings is 2. The van der Waals surface area contributed by atoms with E-state index >= 15 is 0 Å². The fourth-order valence-corrected chi connectivity index (χ4v) is 4.88. The first-order chi connectivity index (χ1) is 15.0. The summed E-state index contributed by atoms with van der Waals surface area (Å²) in [5, 5.41) is 11.5. The molecule has 0 aliphatic carbocycles. The van der Waals surface area contributed by atoms with Crippen LogP contribution in [0.5, 0.6) is 5.75 Å². The number of aromatic nitrogens is 2. The second kappa shape index (κ2) is 7.85. The normalized spacial score (nSPS) is 19.3. The molecule has 3 heterocycles. The van der Waals surface area contributed by atoms with Gasteiger partial charge in [-0.15, -0.1) is 0 Å². The van der Waals surface area contributed by atoms with Crippen molar-refractivity contribution in [2.24, 2.45) is 5.92 Å². The Labute approximate surface area is 180 Å². The Bertz CT molecular complexity index is 1290. The first kappa shape index (κ1) is 19.8. The third-order valence-electron chi connectivity index (χ3n) is 6.53. The smallest absolute Gasteiger partial charge is 0.203 e. The van der Waals surface area contributed by atoms with Gasteiger partial charge in [-0.2, -0.15) is 0 Å². The molecule has 1 saturated heterocycles. The average molecular weight is 419 g/mol. The second-order valence-electron chi connectivity index (χ2n) is 8.80. The van der Waals surface area contributed by atoms with Crippen LogP contribution in [0.2, 0.25) is 0 Å². The van der Waals surface area contributed by atoms with Crippen molar-refractivity contribution >= 4 is 22.0 Å². The van der Waals surface area contributed by atoms with Gasteiger partial charge in [0.15, 0.2) is 0 Å². The van der Waals surface area contributed by atoms with Gasteiger partial charge in [0.05, 0.1) is 35.1 Å². The number of nitrogens with zero attached hydrogens (tertiary/aromatic N) is 1. The van der Waals surface area contributed by atoms with Crippen LogP contribution in [0.15, 0.2) is 45.8 Å². The minimum absolute atomic E-state index is 0.127. The lowest BCUT2D eigenvalue weighted by Crippen LogP contribution is -3.12. The molecule has 31 heavy (non-hydrogen) atoms. The van der Waals surface area contributed by atoms with E-state index in [1.54, 1.807) is 6.07 Å². The Balaban J connectivity index is 1.65. The number of aromatic hydroxyl groups is 1. The molecule has 5 rings (SSSR count). The number of likely N-dealkylation sites (tertiary alicyclic amines) is 1. The molecule has 4 aromatic rings. The summed E-state index contributed by atoms with van der Waals surface area (Å²) in [5.74, 6) is 1.43. The number of phenolic OH excluding ortho intramolecular Hbond substituents is 1. The van der Waals surface area contributed by atoms with Gasteiger partial charge in [-0.3, -0.25) is 4.79 Å². The van der Waals surface area contributed by atoms with E-state index in [0.29, 0.717) is 41.2 Å². The predicted molar refractivity (Wildman–Crippen MR) is 121 cm³/mol. The zero-order valence-corrected chi connectivity index (χ0v) is 18.0. The Morgan fingerprint density at radius 2 is 2.16 bits per heavy atom. The monoisotopic (exact) mass is 418 g/mol. The van der Waals surface area contributed by atoms with E-state index in [9.17, 15) is 9.90 Å². The molecule has 6 nitrogen and oxygen atoms in total. The van der Waals surface area contributed by atoms with E-state index in [2.05, 4.69) is 16.9 Å². The molecule has 0 saturated carbocycles. The lowest BCUT2D eigenvalue weighted by Gasteiger charge is -2.28. The van der Waals surface area contributed by atoms with Gasteiger partial charge >= 0.3 is 0 Å². The summed E-state index contributed by atoms with van der Waals surface area (Å²) in [7, 11) is 0. The SMILES string of the molecule is CCc1cc2c(=O)c(-c3nc4ccccc4[nH]3)coc2c(C[NH+]2CCC[C@@H](C)C2)c1O. The first-order valence-corrected chi connectivity index (χ1v) is 11.1. The molecule has 160 valence electrons. The van der Waals surface area contributed by atoms with Crippen LogP contribution in [-0.2, 0) is 13.0 Å². The number of quaternary nitrogens is 1. The summed E-state index contributed by atoms with van der Waals surface area (Å²) < 4.78 is 6.02. The number of nitrogens with one attached hydrogen (secondary N) is 2. The fraction of sp³-hybridized carbons (Fsp3) is 0.360. The van der Waals surface area contributed by atoms with Gasteiger partial charge < -0.3 is 19.4 Å². The van der Waals surface area contributed by atoms with Gasteiger partial charge in [0, 0.05) is 5.92 Å². The van der Waals surface area contributed by atoms with Crippen molar-refractivity contribution in [2.75, 3.05) is 13.1 Å². The van der Waals surface area contributed by atoms with E-state index in [4.69, 9.17) is 4.42 Å². The summed E-state index contributed by atoms with van der Waals surface area (Å²) in [6.45, 7) is 7.07. The fourth-order valence-electron chi connectivity index (χ4n) is 4.88. The van der Waals surface area contributed by atoms with Gasteiger partial charge in [-0.1, -0.05) is 26.0 Å². The molecule has 1 fully saturated rings. The summed E-state index contributed by atoms with van der Waals surface area (Å²) in [4.78, 5) is 22.7. The van der Waals surface area contributed by atoms with Gasteiger partial charge in [-0.05, 0) is 43.0 Å². The molecule has 6 heteroatoms. The van der Waals surface area contributed by atoms with Crippen molar-refractivity contribution in [2.45, 2.75) is 39.7 Å². The number of piperidine rings is 1. The number of H-pyrrole nitrogens is 1. The summed E-state index contributed by atoms with van der Waals surface area (Å²) >= 11 is 0. The number of rotatable bonds is 4. The van der Waals surface area contributed by atoms with Crippen LogP contribution in [0.25, 0.3) is 33.4 Å². The highest BCUT2D eigenvalue weighted by molar-refractivity contribution is 5.87.